The average Bonchev–Trinajstić information content (AvgIpc) is 2.48. The van der Waals surface area contributed by atoms with Crippen molar-refractivity contribution in [3.63, 3.8) is 0 Å². The van der Waals surface area contributed by atoms with Crippen molar-refractivity contribution in [2.75, 3.05) is 32.8 Å². The normalized spacial score (nSPS) is 25.1. The van der Waals surface area contributed by atoms with Crippen LogP contribution in [0.4, 0.5) is 4.79 Å². The van der Waals surface area contributed by atoms with Crippen LogP contribution in [0, 0.1) is 0 Å². The third-order valence-electron chi connectivity index (χ3n) is 4.26. The molecule has 2 rings (SSSR count). The second-order valence-corrected chi connectivity index (χ2v) is 6.06. The van der Waals surface area contributed by atoms with Gasteiger partial charge < -0.3 is 25.6 Å². The van der Waals surface area contributed by atoms with Gasteiger partial charge in [-0.05, 0) is 26.7 Å². The van der Waals surface area contributed by atoms with Gasteiger partial charge >= 0.3 is 6.03 Å². The topological polar surface area (TPSA) is 87.9 Å². The van der Waals surface area contributed by atoms with E-state index in [-0.39, 0.29) is 18.6 Å². The van der Waals surface area contributed by atoms with Crippen LogP contribution in [-0.2, 0) is 9.53 Å². The predicted molar refractivity (Wildman–Crippen MR) is 78.8 cm³/mol. The summed E-state index contributed by atoms with van der Waals surface area (Å²) < 4.78 is 5.25. The van der Waals surface area contributed by atoms with Crippen LogP contribution in [0.5, 0.6) is 0 Å². The summed E-state index contributed by atoms with van der Waals surface area (Å²) in [5.41, 5.74) is 5.23. The van der Waals surface area contributed by atoms with Gasteiger partial charge in [0, 0.05) is 31.7 Å². The Balaban J connectivity index is 1.78. The predicted octanol–water partition coefficient (Wildman–Crippen LogP) is -0.245. The van der Waals surface area contributed by atoms with Crippen molar-refractivity contribution in [2.24, 2.45) is 5.73 Å². The molecule has 2 aliphatic heterocycles. The Bertz CT molecular complexity index is 380. The van der Waals surface area contributed by atoms with E-state index in [1.54, 1.807) is 4.90 Å². The zero-order valence-electron chi connectivity index (χ0n) is 12.9. The van der Waals surface area contributed by atoms with Crippen LogP contribution < -0.4 is 11.1 Å². The second-order valence-electron chi connectivity index (χ2n) is 6.06. The molecule has 1 unspecified atom stereocenters. The van der Waals surface area contributed by atoms with E-state index in [9.17, 15) is 9.59 Å². The summed E-state index contributed by atoms with van der Waals surface area (Å²) in [6.07, 6.45) is 1.24. The number of carbonyl (C=O) groups excluding carboxylic acids is 2. The number of hydrogen-bond acceptors (Lipinski definition) is 4. The fourth-order valence-corrected chi connectivity index (χ4v) is 2.83. The maximum absolute atomic E-state index is 12.2. The highest BCUT2D eigenvalue weighted by molar-refractivity contribution is 5.81. The molecule has 2 saturated heterocycles. The molecule has 0 radical (unpaired) electrons. The second kappa shape index (κ2) is 7.09. The Kier molecular flexibility index (Phi) is 5.41. The molecule has 0 aromatic heterocycles. The number of likely N-dealkylation sites (tertiary alicyclic amines) is 1. The van der Waals surface area contributed by atoms with E-state index in [0.29, 0.717) is 19.2 Å². The van der Waals surface area contributed by atoms with E-state index in [4.69, 9.17) is 10.5 Å². The number of nitrogens with zero attached hydrogens (tertiary/aromatic N) is 2. The monoisotopic (exact) mass is 298 g/mol. The molecule has 0 aromatic carbocycles. The van der Waals surface area contributed by atoms with Crippen LogP contribution in [0.2, 0.25) is 0 Å². The lowest BCUT2D eigenvalue weighted by atomic mass is 10.0. The Morgan fingerprint density at radius 1 is 1.24 bits per heavy atom. The van der Waals surface area contributed by atoms with Gasteiger partial charge in [-0.3, -0.25) is 4.79 Å². The van der Waals surface area contributed by atoms with E-state index in [2.05, 4.69) is 24.1 Å². The molecule has 2 fully saturated rings. The Labute approximate surface area is 125 Å². The number of morpholine rings is 1. The van der Waals surface area contributed by atoms with Crippen LogP contribution in [0.15, 0.2) is 0 Å². The van der Waals surface area contributed by atoms with E-state index in [1.165, 1.54) is 0 Å². The fourth-order valence-electron chi connectivity index (χ4n) is 2.83. The van der Waals surface area contributed by atoms with Crippen molar-refractivity contribution < 1.29 is 14.3 Å². The minimum absolute atomic E-state index is 0.118. The largest absolute Gasteiger partial charge is 0.367 e. The molecule has 0 aliphatic carbocycles. The molecule has 21 heavy (non-hydrogen) atoms. The van der Waals surface area contributed by atoms with Crippen LogP contribution in [0.3, 0.4) is 0 Å². The van der Waals surface area contributed by atoms with Crippen molar-refractivity contribution >= 4 is 11.9 Å². The van der Waals surface area contributed by atoms with E-state index < -0.39 is 12.0 Å². The number of hydrogen-bond donors (Lipinski definition) is 2. The van der Waals surface area contributed by atoms with Gasteiger partial charge in [0.25, 0.3) is 0 Å². The number of amides is 3. The van der Waals surface area contributed by atoms with Crippen LogP contribution in [0.1, 0.15) is 26.7 Å². The Hall–Kier alpha value is -1.34. The number of ether oxygens (including phenoxy) is 1. The minimum atomic E-state index is -0.688. The van der Waals surface area contributed by atoms with Gasteiger partial charge in [0.05, 0.1) is 13.2 Å². The van der Waals surface area contributed by atoms with Crippen LogP contribution in [0.25, 0.3) is 0 Å². The molecule has 120 valence electrons. The molecule has 2 aliphatic rings. The zero-order chi connectivity index (χ0) is 15.4. The molecule has 1 atom stereocenters. The molecule has 0 spiro atoms. The lowest BCUT2D eigenvalue weighted by Crippen LogP contribution is -2.56. The minimum Gasteiger partial charge on any atom is -0.367 e. The third-order valence-corrected chi connectivity index (χ3v) is 4.26. The molecule has 7 nitrogen and oxygen atoms in total. The quantitative estimate of drug-likeness (QED) is 0.752. The molecule has 0 saturated carbocycles. The highest BCUT2D eigenvalue weighted by atomic mass is 16.5. The van der Waals surface area contributed by atoms with Gasteiger partial charge in [-0.1, -0.05) is 0 Å². The number of urea groups is 1. The number of piperidine rings is 1. The van der Waals surface area contributed by atoms with Gasteiger partial charge in [-0.25, -0.2) is 4.79 Å². The molecule has 0 aromatic rings. The SMILES string of the molecule is CC(C)N1CCC(NC(=O)N2CCOC(C(N)=O)C2)CC1. The van der Waals surface area contributed by atoms with Gasteiger partial charge in [0.2, 0.25) is 5.91 Å². The van der Waals surface area contributed by atoms with Crippen LogP contribution >= 0.6 is 0 Å². The first kappa shape index (κ1) is 16.0. The summed E-state index contributed by atoms with van der Waals surface area (Å²) in [5.74, 6) is -0.516. The molecular formula is C14H26N4O3. The maximum atomic E-state index is 12.2. The summed E-state index contributed by atoms with van der Waals surface area (Å²) in [7, 11) is 0. The van der Waals surface area contributed by atoms with Crippen molar-refractivity contribution in [1.82, 2.24) is 15.1 Å². The number of nitrogens with two attached hydrogens (primary N) is 1. The van der Waals surface area contributed by atoms with Crippen LogP contribution in [-0.4, -0.2) is 72.7 Å². The van der Waals surface area contributed by atoms with Crippen molar-refractivity contribution in [2.45, 2.75) is 44.9 Å². The van der Waals surface area contributed by atoms with E-state index >= 15 is 0 Å². The summed E-state index contributed by atoms with van der Waals surface area (Å²) in [6.45, 7) is 7.50. The molecule has 0 bridgehead atoms. The number of nitrogens with one attached hydrogen (secondary N) is 1. The summed E-state index contributed by atoms with van der Waals surface area (Å²) in [4.78, 5) is 27.4. The van der Waals surface area contributed by atoms with Crippen molar-refractivity contribution in [3.05, 3.63) is 0 Å². The maximum Gasteiger partial charge on any atom is 0.317 e. The lowest BCUT2D eigenvalue weighted by molar-refractivity contribution is -0.133. The molecular weight excluding hydrogens is 272 g/mol. The Morgan fingerprint density at radius 2 is 1.90 bits per heavy atom. The zero-order valence-corrected chi connectivity index (χ0v) is 12.9. The van der Waals surface area contributed by atoms with E-state index in [1.807, 2.05) is 0 Å². The molecule has 3 N–H and O–H groups in total. The number of primary amides is 1. The van der Waals surface area contributed by atoms with Crippen molar-refractivity contribution in [1.29, 1.82) is 0 Å². The third kappa shape index (κ3) is 4.31. The first-order valence-electron chi connectivity index (χ1n) is 7.67. The average molecular weight is 298 g/mol. The Morgan fingerprint density at radius 3 is 2.48 bits per heavy atom. The lowest BCUT2D eigenvalue weighted by Gasteiger charge is -2.37. The fraction of sp³-hybridized carbons (Fsp3) is 0.857. The number of rotatable bonds is 3. The summed E-state index contributed by atoms with van der Waals surface area (Å²) >= 11 is 0. The first-order valence-corrected chi connectivity index (χ1v) is 7.67. The van der Waals surface area contributed by atoms with Gasteiger partial charge in [-0.15, -0.1) is 0 Å². The summed E-state index contributed by atoms with van der Waals surface area (Å²) in [5, 5.41) is 3.06. The van der Waals surface area contributed by atoms with Gasteiger partial charge in [0.1, 0.15) is 0 Å². The van der Waals surface area contributed by atoms with Gasteiger partial charge in [0.15, 0.2) is 6.10 Å². The van der Waals surface area contributed by atoms with Crippen molar-refractivity contribution in [3.8, 4) is 0 Å². The molecule has 3 amide bonds. The summed E-state index contributed by atoms with van der Waals surface area (Å²) in [6, 6.07) is 0.645. The smallest absolute Gasteiger partial charge is 0.317 e. The highest BCUT2D eigenvalue weighted by Gasteiger charge is 2.29. The van der Waals surface area contributed by atoms with E-state index in [0.717, 1.165) is 25.9 Å². The molecule has 2 heterocycles. The van der Waals surface area contributed by atoms with Gasteiger partial charge in [-0.2, -0.15) is 0 Å². The highest BCUT2D eigenvalue weighted by Crippen LogP contribution is 2.14. The number of carbonyl (C=O) groups is 2. The molecule has 7 heteroatoms. The standard InChI is InChI=1S/C14H26N4O3/c1-10(2)17-5-3-11(4-6-17)16-14(20)18-7-8-21-12(9-18)13(15)19/h10-12H,3-9H2,1-2H3,(H2,15,19)(H,16,20). The first-order chi connectivity index (χ1) is 9.97.